The second-order valence-corrected chi connectivity index (χ2v) is 5.99. The van der Waals surface area contributed by atoms with Crippen LogP contribution in [0.4, 0.5) is 0 Å². The first-order valence-corrected chi connectivity index (χ1v) is 7.02. The Morgan fingerprint density at radius 1 is 1.37 bits per heavy atom. The van der Waals surface area contributed by atoms with E-state index in [1.54, 1.807) is 0 Å². The van der Waals surface area contributed by atoms with Crippen molar-refractivity contribution in [2.75, 3.05) is 0 Å². The number of rotatable bonds is 5. The van der Waals surface area contributed by atoms with Crippen molar-refractivity contribution < 1.29 is 23.9 Å². The molecule has 7 heteroatoms. The predicted molar refractivity (Wildman–Crippen MR) is 67.0 cm³/mol. The van der Waals surface area contributed by atoms with Crippen LogP contribution in [0, 0.1) is 5.92 Å². The third kappa shape index (κ3) is 3.56. The van der Waals surface area contributed by atoms with Crippen LogP contribution in [-0.4, -0.2) is 34.3 Å². The summed E-state index contributed by atoms with van der Waals surface area (Å²) in [6.07, 6.45) is 0.911. The zero-order valence-electron chi connectivity index (χ0n) is 10.5. The highest BCUT2D eigenvalue weighted by molar-refractivity contribution is 8.14. The van der Waals surface area contributed by atoms with Gasteiger partial charge >= 0.3 is 5.97 Å². The normalized spacial score (nSPS) is 29.4. The van der Waals surface area contributed by atoms with Crippen LogP contribution in [0.15, 0.2) is 0 Å². The van der Waals surface area contributed by atoms with Crippen molar-refractivity contribution in [3.05, 3.63) is 0 Å². The summed E-state index contributed by atoms with van der Waals surface area (Å²) in [5.74, 6) is -0.942. The van der Waals surface area contributed by atoms with Crippen LogP contribution in [-0.2, 0) is 23.9 Å². The minimum absolute atomic E-state index is 0.0670. The van der Waals surface area contributed by atoms with Crippen LogP contribution in [0.5, 0.6) is 0 Å². The average molecular weight is 285 g/mol. The summed E-state index contributed by atoms with van der Waals surface area (Å²) < 4.78 is 4.96. The molecule has 1 N–H and O–H groups in total. The summed E-state index contributed by atoms with van der Waals surface area (Å²) in [6.45, 7) is 1.42. The summed E-state index contributed by atoms with van der Waals surface area (Å²) in [5.41, 5.74) is 0. The van der Waals surface area contributed by atoms with Gasteiger partial charge in [-0.25, -0.2) is 0 Å². The largest absolute Gasteiger partial charge is 0.462 e. The van der Waals surface area contributed by atoms with Gasteiger partial charge in [0.25, 0.3) is 0 Å². The van der Waals surface area contributed by atoms with E-state index in [0.29, 0.717) is 12.8 Å². The fraction of sp³-hybridized carbons (Fsp3) is 0.667. The Labute approximate surface area is 114 Å². The number of cyclic esters (lactones) is 1. The molecule has 19 heavy (non-hydrogen) atoms. The zero-order valence-corrected chi connectivity index (χ0v) is 11.3. The van der Waals surface area contributed by atoms with E-state index in [4.69, 9.17) is 4.74 Å². The Bertz CT molecular complexity index is 436. The highest BCUT2D eigenvalue weighted by Gasteiger charge is 2.42. The summed E-state index contributed by atoms with van der Waals surface area (Å²) in [6, 6.07) is 0. The van der Waals surface area contributed by atoms with E-state index < -0.39 is 5.92 Å². The molecule has 6 nitrogen and oxygen atoms in total. The van der Waals surface area contributed by atoms with Crippen LogP contribution in [0.1, 0.15) is 32.6 Å². The van der Waals surface area contributed by atoms with Crippen LogP contribution in [0.3, 0.4) is 0 Å². The van der Waals surface area contributed by atoms with Crippen LogP contribution >= 0.6 is 11.8 Å². The molecule has 2 saturated heterocycles. The van der Waals surface area contributed by atoms with E-state index in [1.807, 2.05) is 0 Å². The van der Waals surface area contributed by atoms with Gasteiger partial charge in [-0.1, -0.05) is 11.8 Å². The molecule has 0 spiro atoms. The Morgan fingerprint density at radius 2 is 2.11 bits per heavy atom. The molecule has 104 valence electrons. The molecule has 2 fully saturated rings. The SMILES string of the molecule is CC(=O)C[C@@H]1C(=O)N[C@@H]1SC(=O)CC1CCC(=O)O1. The van der Waals surface area contributed by atoms with Crippen molar-refractivity contribution in [1.29, 1.82) is 0 Å². The number of Topliss-reactive ketones (excluding diaryl/α,β-unsaturated/α-hetero) is 1. The van der Waals surface area contributed by atoms with Gasteiger partial charge in [-0.05, 0) is 13.3 Å². The van der Waals surface area contributed by atoms with Gasteiger partial charge < -0.3 is 14.8 Å². The minimum Gasteiger partial charge on any atom is -0.462 e. The summed E-state index contributed by atoms with van der Waals surface area (Å²) in [7, 11) is 0. The van der Waals surface area contributed by atoms with Crippen molar-refractivity contribution in [2.45, 2.75) is 44.1 Å². The number of ketones is 1. The zero-order chi connectivity index (χ0) is 14.0. The van der Waals surface area contributed by atoms with Crippen molar-refractivity contribution in [3.8, 4) is 0 Å². The maximum Gasteiger partial charge on any atom is 0.306 e. The Balaban J connectivity index is 1.77. The average Bonchev–Trinajstić information content (AvgIpc) is 2.71. The quantitative estimate of drug-likeness (QED) is 0.580. The van der Waals surface area contributed by atoms with Gasteiger partial charge in [-0.3, -0.25) is 14.4 Å². The van der Waals surface area contributed by atoms with E-state index >= 15 is 0 Å². The Hall–Kier alpha value is -1.37. The number of carbonyl (C=O) groups excluding carboxylic acids is 4. The van der Waals surface area contributed by atoms with Gasteiger partial charge in [-0.2, -0.15) is 0 Å². The number of thioether (sulfide) groups is 1. The molecule has 2 rings (SSSR count). The molecule has 2 aliphatic rings. The summed E-state index contributed by atoms with van der Waals surface area (Å²) in [4.78, 5) is 45.0. The number of nitrogens with one attached hydrogen (secondary N) is 1. The molecule has 0 aromatic carbocycles. The molecule has 0 radical (unpaired) electrons. The monoisotopic (exact) mass is 285 g/mol. The molecule has 1 amide bonds. The molecule has 2 aliphatic heterocycles. The third-order valence-corrected chi connectivity index (χ3v) is 4.25. The van der Waals surface area contributed by atoms with E-state index in [9.17, 15) is 19.2 Å². The lowest BCUT2D eigenvalue weighted by Gasteiger charge is -2.35. The molecule has 0 aliphatic carbocycles. The number of hydrogen-bond donors (Lipinski definition) is 1. The van der Waals surface area contributed by atoms with Gasteiger partial charge in [0.05, 0.1) is 17.7 Å². The van der Waals surface area contributed by atoms with Crippen molar-refractivity contribution in [2.24, 2.45) is 5.92 Å². The lowest BCUT2D eigenvalue weighted by Crippen LogP contribution is -2.57. The number of β-lactam (4-membered cyclic amide) rings is 1. The van der Waals surface area contributed by atoms with Crippen LogP contribution < -0.4 is 5.32 Å². The topological polar surface area (TPSA) is 89.5 Å². The number of ether oxygens (including phenoxy) is 1. The van der Waals surface area contributed by atoms with E-state index in [0.717, 1.165) is 11.8 Å². The lowest BCUT2D eigenvalue weighted by atomic mass is 9.96. The minimum atomic E-state index is -0.419. The van der Waals surface area contributed by atoms with Crippen LogP contribution in [0.2, 0.25) is 0 Å². The molecule has 2 heterocycles. The fourth-order valence-corrected chi connectivity index (χ4v) is 3.24. The van der Waals surface area contributed by atoms with Gasteiger partial charge in [0.2, 0.25) is 5.91 Å². The van der Waals surface area contributed by atoms with Gasteiger partial charge in [0.15, 0.2) is 5.12 Å². The Kier molecular flexibility index (Phi) is 4.24. The Morgan fingerprint density at radius 3 is 2.63 bits per heavy atom. The smallest absolute Gasteiger partial charge is 0.306 e. The molecular formula is C12H15NO5S. The molecular weight excluding hydrogens is 270 g/mol. The first-order chi connectivity index (χ1) is 8.95. The molecule has 3 atom stereocenters. The lowest BCUT2D eigenvalue weighted by molar-refractivity contribution is -0.141. The number of hydrogen-bond acceptors (Lipinski definition) is 6. The number of carbonyl (C=O) groups is 4. The summed E-state index contributed by atoms with van der Waals surface area (Å²) in [5, 5.41) is 2.15. The molecule has 1 unspecified atom stereocenters. The number of esters is 1. The predicted octanol–water partition coefficient (Wildman–Crippen LogP) is 0.393. The maximum absolute atomic E-state index is 11.8. The van der Waals surface area contributed by atoms with Gasteiger partial charge in [0.1, 0.15) is 11.9 Å². The van der Waals surface area contributed by atoms with Crippen molar-refractivity contribution >= 4 is 34.5 Å². The maximum atomic E-state index is 11.8. The second-order valence-electron chi connectivity index (χ2n) is 4.79. The molecule has 0 bridgehead atoms. The third-order valence-electron chi connectivity index (χ3n) is 3.12. The van der Waals surface area contributed by atoms with E-state index in [2.05, 4.69) is 5.32 Å². The molecule has 0 aromatic rings. The molecule has 0 aromatic heterocycles. The number of amides is 1. The second kappa shape index (κ2) is 5.73. The van der Waals surface area contributed by atoms with Gasteiger partial charge in [-0.15, -0.1) is 0 Å². The highest BCUT2D eigenvalue weighted by atomic mass is 32.2. The van der Waals surface area contributed by atoms with Gasteiger partial charge in [0, 0.05) is 12.8 Å². The standard InChI is InChI=1S/C12H15NO5S/c1-6(14)4-8-11(17)13-12(8)19-10(16)5-7-2-3-9(15)18-7/h7-8,12H,2-5H2,1H3,(H,13,17)/t7?,8-,12-/m1/s1. The first-order valence-electron chi connectivity index (χ1n) is 6.14. The van der Waals surface area contributed by atoms with Crippen molar-refractivity contribution in [1.82, 2.24) is 5.32 Å². The first kappa shape index (κ1) is 14.0. The van der Waals surface area contributed by atoms with E-state index in [-0.39, 0.29) is 47.1 Å². The fourth-order valence-electron chi connectivity index (χ4n) is 2.11. The summed E-state index contributed by atoms with van der Waals surface area (Å²) >= 11 is 1.01. The highest BCUT2D eigenvalue weighted by Crippen LogP contribution is 2.31. The van der Waals surface area contributed by atoms with Crippen molar-refractivity contribution in [3.63, 3.8) is 0 Å². The van der Waals surface area contributed by atoms with Crippen LogP contribution in [0.25, 0.3) is 0 Å². The van der Waals surface area contributed by atoms with E-state index in [1.165, 1.54) is 6.92 Å². The molecule has 0 saturated carbocycles.